The number of benzene rings is 1. The molecular formula is C15H12F3N3S. The first-order chi connectivity index (χ1) is 10.3. The summed E-state index contributed by atoms with van der Waals surface area (Å²) in [6.45, 7) is 3.71. The van der Waals surface area contributed by atoms with Crippen LogP contribution >= 0.6 is 11.3 Å². The van der Waals surface area contributed by atoms with Gasteiger partial charge in [-0.2, -0.15) is 13.2 Å². The van der Waals surface area contributed by atoms with Crippen LogP contribution in [0.5, 0.6) is 0 Å². The molecule has 0 aliphatic rings. The van der Waals surface area contributed by atoms with E-state index in [1.54, 1.807) is 13.0 Å². The molecule has 0 atom stereocenters. The maximum Gasteiger partial charge on any atom is 0.416 e. The first-order valence-corrected chi connectivity index (χ1v) is 7.33. The van der Waals surface area contributed by atoms with E-state index < -0.39 is 11.7 Å². The van der Waals surface area contributed by atoms with Crippen LogP contribution in [0.25, 0.3) is 10.2 Å². The summed E-state index contributed by atoms with van der Waals surface area (Å²) < 4.78 is 38.3. The van der Waals surface area contributed by atoms with Gasteiger partial charge in [0.25, 0.3) is 0 Å². The highest BCUT2D eigenvalue weighted by Crippen LogP contribution is 2.33. The van der Waals surface area contributed by atoms with Crippen LogP contribution in [-0.4, -0.2) is 9.97 Å². The lowest BCUT2D eigenvalue weighted by molar-refractivity contribution is -0.137. The van der Waals surface area contributed by atoms with Crippen molar-refractivity contribution in [1.82, 2.24) is 9.97 Å². The van der Waals surface area contributed by atoms with Crippen LogP contribution in [0.4, 0.5) is 24.7 Å². The molecular weight excluding hydrogens is 311 g/mol. The van der Waals surface area contributed by atoms with E-state index in [9.17, 15) is 13.2 Å². The fourth-order valence-electron chi connectivity index (χ4n) is 2.15. The van der Waals surface area contributed by atoms with Crippen molar-refractivity contribution in [1.29, 1.82) is 0 Å². The Morgan fingerprint density at radius 2 is 1.86 bits per heavy atom. The molecule has 22 heavy (non-hydrogen) atoms. The highest BCUT2D eigenvalue weighted by molar-refractivity contribution is 7.18. The normalized spacial score (nSPS) is 11.9. The maximum atomic E-state index is 12.8. The van der Waals surface area contributed by atoms with Gasteiger partial charge in [-0.05, 0) is 38.1 Å². The van der Waals surface area contributed by atoms with Gasteiger partial charge in [0.1, 0.15) is 16.5 Å². The molecule has 114 valence electrons. The SMILES string of the molecule is Cc1nc(Nc2cccc(C(F)(F)F)c2)c2cc(C)sc2n1. The number of aromatic nitrogens is 2. The number of aryl methyl sites for hydroxylation is 2. The lowest BCUT2D eigenvalue weighted by Crippen LogP contribution is -2.05. The zero-order chi connectivity index (χ0) is 15.9. The molecule has 0 spiro atoms. The Labute approximate surface area is 128 Å². The second-order valence-corrected chi connectivity index (χ2v) is 6.13. The van der Waals surface area contributed by atoms with Crippen LogP contribution < -0.4 is 5.32 Å². The number of hydrogen-bond donors (Lipinski definition) is 1. The molecule has 0 aliphatic carbocycles. The molecule has 2 heterocycles. The Kier molecular flexibility index (Phi) is 3.52. The summed E-state index contributed by atoms with van der Waals surface area (Å²) in [5.41, 5.74) is -0.348. The summed E-state index contributed by atoms with van der Waals surface area (Å²) in [6.07, 6.45) is -4.37. The minimum Gasteiger partial charge on any atom is -0.340 e. The quantitative estimate of drug-likeness (QED) is 0.715. The van der Waals surface area contributed by atoms with Gasteiger partial charge >= 0.3 is 6.18 Å². The highest BCUT2D eigenvalue weighted by Gasteiger charge is 2.30. The van der Waals surface area contributed by atoms with Gasteiger partial charge in [0.2, 0.25) is 0 Å². The summed E-state index contributed by atoms with van der Waals surface area (Å²) in [5.74, 6) is 1.09. The standard InChI is InChI=1S/C15H12F3N3S/c1-8-6-12-13(19-9(2)20-14(12)22-8)21-11-5-3-4-10(7-11)15(16,17)18/h3-7H,1-2H3,(H,19,20,21). The van der Waals surface area contributed by atoms with Crippen molar-refractivity contribution in [2.75, 3.05) is 5.32 Å². The number of nitrogens with one attached hydrogen (secondary N) is 1. The Morgan fingerprint density at radius 3 is 2.59 bits per heavy atom. The molecule has 0 aliphatic heterocycles. The average molecular weight is 323 g/mol. The van der Waals surface area contributed by atoms with Crippen molar-refractivity contribution < 1.29 is 13.2 Å². The van der Waals surface area contributed by atoms with E-state index in [0.29, 0.717) is 17.3 Å². The Balaban J connectivity index is 2.03. The third-order valence-electron chi connectivity index (χ3n) is 3.08. The van der Waals surface area contributed by atoms with E-state index in [2.05, 4.69) is 15.3 Å². The highest BCUT2D eigenvalue weighted by atomic mass is 32.1. The largest absolute Gasteiger partial charge is 0.416 e. The summed E-state index contributed by atoms with van der Waals surface area (Å²) in [7, 11) is 0. The van der Waals surface area contributed by atoms with Crippen LogP contribution in [0.1, 0.15) is 16.3 Å². The Bertz CT molecular complexity index is 840. The molecule has 1 N–H and O–H groups in total. The van der Waals surface area contributed by atoms with Gasteiger partial charge in [0, 0.05) is 10.6 Å². The topological polar surface area (TPSA) is 37.8 Å². The van der Waals surface area contributed by atoms with Crippen LogP contribution in [-0.2, 0) is 6.18 Å². The molecule has 7 heteroatoms. The molecule has 3 rings (SSSR count). The van der Waals surface area contributed by atoms with Crippen molar-refractivity contribution in [3.8, 4) is 0 Å². The van der Waals surface area contributed by atoms with E-state index in [-0.39, 0.29) is 0 Å². The second-order valence-electron chi connectivity index (χ2n) is 4.90. The zero-order valence-electron chi connectivity index (χ0n) is 11.8. The number of anilines is 2. The summed E-state index contributed by atoms with van der Waals surface area (Å²) >= 11 is 1.53. The lowest BCUT2D eigenvalue weighted by Gasteiger charge is -2.11. The smallest absolute Gasteiger partial charge is 0.340 e. The van der Waals surface area contributed by atoms with Crippen LogP contribution in [0.3, 0.4) is 0 Å². The first kappa shape index (κ1) is 14.8. The molecule has 0 unspecified atom stereocenters. The molecule has 0 saturated carbocycles. The van der Waals surface area contributed by atoms with Gasteiger partial charge < -0.3 is 5.32 Å². The van der Waals surface area contributed by atoms with Crippen LogP contribution in [0, 0.1) is 13.8 Å². The monoisotopic (exact) mass is 323 g/mol. The van der Waals surface area contributed by atoms with Crippen molar-refractivity contribution in [2.45, 2.75) is 20.0 Å². The molecule has 0 amide bonds. The lowest BCUT2D eigenvalue weighted by atomic mass is 10.2. The van der Waals surface area contributed by atoms with Gasteiger partial charge in [0.15, 0.2) is 0 Å². The van der Waals surface area contributed by atoms with Gasteiger partial charge in [-0.25, -0.2) is 9.97 Å². The van der Waals surface area contributed by atoms with E-state index in [1.165, 1.54) is 17.4 Å². The minimum atomic E-state index is -4.37. The number of rotatable bonds is 2. The second kappa shape index (κ2) is 5.24. The first-order valence-electron chi connectivity index (χ1n) is 6.52. The average Bonchev–Trinajstić information content (AvgIpc) is 2.78. The van der Waals surface area contributed by atoms with Gasteiger partial charge in [0.05, 0.1) is 10.9 Å². The molecule has 0 bridgehead atoms. The third kappa shape index (κ3) is 2.89. The van der Waals surface area contributed by atoms with E-state index >= 15 is 0 Å². The van der Waals surface area contributed by atoms with E-state index in [1.807, 2.05) is 13.0 Å². The molecule has 3 aromatic rings. The molecule has 1 aromatic carbocycles. The molecule has 0 radical (unpaired) electrons. The Hall–Kier alpha value is -2.15. The van der Waals surface area contributed by atoms with Crippen molar-refractivity contribution in [3.63, 3.8) is 0 Å². The number of halogens is 3. The molecule has 3 nitrogen and oxygen atoms in total. The number of fused-ring (bicyclic) bond motifs is 1. The number of thiophene rings is 1. The van der Waals surface area contributed by atoms with Gasteiger partial charge in [-0.1, -0.05) is 6.07 Å². The van der Waals surface area contributed by atoms with E-state index in [4.69, 9.17) is 0 Å². The molecule has 0 fully saturated rings. The third-order valence-corrected chi connectivity index (χ3v) is 4.02. The van der Waals surface area contributed by atoms with Crippen LogP contribution in [0.2, 0.25) is 0 Å². The van der Waals surface area contributed by atoms with Crippen LogP contribution in [0.15, 0.2) is 30.3 Å². The Morgan fingerprint density at radius 1 is 1.09 bits per heavy atom. The fourth-order valence-corrected chi connectivity index (χ4v) is 3.08. The minimum absolute atomic E-state index is 0.345. The fraction of sp³-hybridized carbons (Fsp3) is 0.200. The molecule has 2 aromatic heterocycles. The maximum absolute atomic E-state index is 12.8. The number of nitrogens with zero attached hydrogens (tertiary/aromatic N) is 2. The predicted octanol–water partition coefficient (Wildman–Crippen LogP) is 5.07. The number of hydrogen-bond acceptors (Lipinski definition) is 4. The zero-order valence-corrected chi connectivity index (χ0v) is 12.6. The van der Waals surface area contributed by atoms with Crippen molar-refractivity contribution in [3.05, 3.63) is 46.6 Å². The van der Waals surface area contributed by atoms with Crippen molar-refractivity contribution in [2.24, 2.45) is 0 Å². The summed E-state index contributed by atoms with van der Waals surface area (Å²) in [5, 5.41) is 3.78. The summed E-state index contributed by atoms with van der Waals surface area (Å²) in [6, 6.07) is 6.99. The number of alkyl halides is 3. The summed E-state index contributed by atoms with van der Waals surface area (Å²) in [4.78, 5) is 10.5. The van der Waals surface area contributed by atoms with Crippen molar-refractivity contribution >= 4 is 33.1 Å². The van der Waals surface area contributed by atoms with Gasteiger partial charge in [-0.3, -0.25) is 0 Å². The predicted molar refractivity (Wildman–Crippen MR) is 81.6 cm³/mol. The molecule has 0 saturated heterocycles. The van der Waals surface area contributed by atoms with E-state index in [0.717, 1.165) is 27.2 Å². The van der Waals surface area contributed by atoms with Gasteiger partial charge in [-0.15, -0.1) is 11.3 Å².